The van der Waals surface area contributed by atoms with Crippen LogP contribution in [0.25, 0.3) is 10.2 Å². The molecule has 29 heavy (non-hydrogen) atoms. The highest BCUT2D eigenvalue weighted by molar-refractivity contribution is 7.98. The molecule has 8 heteroatoms. The summed E-state index contributed by atoms with van der Waals surface area (Å²) in [6, 6.07) is 11.1. The number of halogens is 2. The summed E-state index contributed by atoms with van der Waals surface area (Å²) < 4.78 is 1.69. The predicted molar refractivity (Wildman–Crippen MR) is 123 cm³/mol. The van der Waals surface area contributed by atoms with Crippen LogP contribution in [0.5, 0.6) is 0 Å². The van der Waals surface area contributed by atoms with Gasteiger partial charge in [-0.15, -0.1) is 11.3 Å². The van der Waals surface area contributed by atoms with E-state index in [1.807, 2.05) is 50.2 Å². The monoisotopic (exact) mass is 461 g/mol. The SMILES string of the molecule is Cc1sc2nc(SCc3c(Cl)cccc3Cl)n(Cc3ccccn3)c(=O)c2c1C. The molecule has 1 aromatic carbocycles. The molecule has 0 fully saturated rings. The largest absolute Gasteiger partial charge is 0.281 e. The normalized spacial score (nSPS) is 11.3. The van der Waals surface area contributed by atoms with E-state index in [0.29, 0.717) is 32.9 Å². The van der Waals surface area contributed by atoms with E-state index < -0.39 is 0 Å². The summed E-state index contributed by atoms with van der Waals surface area (Å²) in [6.45, 7) is 4.34. The quantitative estimate of drug-likeness (QED) is 0.265. The van der Waals surface area contributed by atoms with Gasteiger partial charge in [0.15, 0.2) is 5.16 Å². The molecular weight excluding hydrogens is 445 g/mol. The van der Waals surface area contributed by atoms with Crippen LogP contribution in [-0.4, -0.2) is 14.5 Å². The van der Waals surface area contributed by atoms with Gasteiger partial charge in [0.25, 0.3) is 5.56 Å². The third-order valence-electron chi connectivity index (χ3n) is 4.71. The number of aryl methyl sites for hydroxylation is 2. The zero-order valence-corrected chi connectivity index (χ0v) is 18.9. The molecule has 0 aliphatic carbocycles. The smallest absolute Gasteiger partial charge is 0.263 e. The Kier molecular flexibility index (Phi) is 5.97. The summed E-state index contributed by atoms with van der Waals surface area (Å²) in [7, 11) is 0. The van der Waals surface area contributed by atoms with Crippen molar-refractivity contribution in [3.8, 4) is 0 Å². The second kappa shape index (κ2) is 8.48. The number of thiophene rings is 1. The Morgan fingerprint density at radius 3 is 2.55 bits per heavy atom. The van der Waals surface area contributed by atoms with Crippen LogP contribution in [0.4, 0.5) is 0 Å². The molecule has 148 valence electrons. The zero-order valence-electron chi connectivity index (χ0n) is 15.8. The van der Waals surface area contributed by atoms with Crippen molar-refractivity contribution in [2.75, 3.05) is 0 Å². The van der Waals surface area contributed by atoms with Crippen LogP contribution in [0.15, 0.2) is 52.5 Å². The van der Waals surface area contributed by atoms with Gasteiger partial charge in [-0.05, 0) is 49.2 Å². The maximum atomic E-state index is 13.4. The third kappa shape index (κ3) is 4.08. The molecule has 4 nitrogen and oxygen atoms in total. The van der Waals surface area contributed by atoms with Gasteiger partial charge in [0.1, 0.15) is 4.83 Å². The fraction of sp³-hybridized carbons (Fsp3) is 0.190. The van der Waals surface area contributed by atoms with E-state index in [1.54, 1.807) is 22.1 Å². The number of nitrogens with zero attached hydrogens (tertiary/aromatic N) is 3. The standard InChI is InChI=1S/C21H17Cl2N3OS2/c1-12-13(2)29-19-18(12)20(27)26(10-14-6-3-4-9-24-14)21(25-19)28-11-15-16(22)7-5-8-17(15)23/h3-9H,10-11H2,1-2H3. The molecule has 0 saturated heterocycles. The fourth-order valence-corrected chi connectivity index (χ4v) is 5.83. The molecule has 4 rings (SSSR count). The van der Waals surface area contributed by atoms with Gasteiger partial charge in [-0.2, -0.15) is 0 Å². The van der Waals surface area contributed by atoms with Crippen molar-refractivity contribution in [3.63, 3.8) is 0 Å². The Labute approximate surface area is 186 Å². The number of hydrogen-bond donors (Lipinski definition) is 0. The van der Waals surface area contributed by atoms with Crippen molar-refractivity contribution in [1.82, 2.24) is 14.5 Å². The topological polar surface area (TPSA) is 47.8 Å². The van der Waals surface area contributed by atoms with Gasteiger partial charge in [0.2, 0.25) is 0 Å². The molecule has 0 spiro atoms. The molecule has 0 aliphatic heterocycles. The van der Waals surface area contributed by atoms with E-state index in [-0.39, 0.29) is 5.56 Å². The fourth-order valence-electron chi connectivity index (χ4n) is 3.02. The molecule has 4 aromatic rings. The van der Waals surface area contributed by atoms with Crippen molar-refractivity contribution in [1.29, 1.82) is 0 Å². The first-order valence-electron chi connectivity index (χ1n) is 8.92. The van der Waals surface area contributed by atoms with Crippen molar-refractivity contribution < 1.29 is 0 Å². The van der Waals surface area contributed by atoms with E-state index in [1.165, 1.54) is 11.8 Å². The third-order valence-corrected chi connectivity index (χ3v) is 7.52. The Bertz CT molecular complexity index is 1230. The summed E-state index contributed by atoms with van der Waals surface area (Å²) in [5, 5.41) is 2.52. The maximum Gasteiger partial charge on any atom is 0.263 e. The minimum atomic E-state index is -0.0461. The number of benzene rings is 1. The molecule has 0 saturated carbocycles. The highest BCUT2D eigenvalue weighted by Gasteiger charge is 2.18. The molecule has 0 amide bonds. The summed E-state index contributed by atoms with van der Waals surface area (Å²) in [5.74, 6) is 0.516. The Hall–Kier alpha value is -1.86. The summed E-state index contributed by atoms with van der Waals surface area (Å²) in [6.07, 6.45) is 1.72. The number of aromatic nitrogens is 3. The second-order valence-corrected chi connectivity index (χ2v) is 9.52. The number of thioether (sulfide) groups is 1. The molecule has 0 unspecified atom stereocenters. The van der Waals surface area contributed by atoms with Crippen LogP contribution in [-0.2, 0) is 12.3 Å². The molecule has 0 radical (unpaired) electrons. The molecule has 0 N–H and O–H groups in total. The lowest BCUT2D eigenvalue weighted by molar-refractivity contribution is 0.647. The Balaban J connectivity index is 1.80. The van der Waals surface area contributed by atoms with Crippen LogP contribution < -0.4 is 5.56 Å². The van der Waals surface area contributed by atoms with Crippen molar-refractivity contribution in [2.24, 2.45) is 0 Å². The molecular formula is C21H17Cl2N3OS2. The number of rotatable bonds is 5. The highest BCUT2D eigenvalue weighted by Crippen LogP contribution is 2.33. The summed E-state index contributed by atoms with van der Waals surface area (Å²) in [4.78, 5) is 24.4. The predicted octanol–water partition coefficient (Wildman–Crippen LogP) is 6.12. The van der Waals surface area contributed by atoms with Crippen LogP contribution in [0.2, 0.25) is 10.0 Å². The highest BCUT2D eigenvalue weighted by atomic mass is 35.5. The minimum Gasteiger partial charge on any atom is -0.281 e. The number of fused-ring (bicyclic) bond motifs is 1. The minimum absolute atomic E-state index is 0.0461. The first-order valence-corrected chi connectivity index (χ1v) is 11.5. The van der Waals surface area contributed by atoms with Crippen LogP contribution >= 0.6 is 46.3 Å². The van der Waals surface area contributed by atoms with Crippen molar-refractivity contribution in [2.45, 2.75) is 31.3 Å². The van der Waals surface area contributed by atoms with E-state index in [0.717, 1.165) is 26.5 Å². The van der Waals surface area contributed by atoms with E-state index >= 15 is 0 Å². The molecule has 3 aromatic heterocycles. The maximum absolute atomic E-state index is 13.4. The lowest BCUT2D eigenvalue weighted by Crippen LogP contribution is -2.24. The van der Waals surface area contributed by atoms with Gasteiger partial charge in [-0.1, -0.05) is 47.1 Å². The van der Waals surface area contributed by atoms with Crippen LogP contribution in [0.3, 0.4) is 0 Å². The van der Waals surface area contributed by atoms with Gasteiger partial charge < -0.3 is 0 Å². The first kappa shape index (κ1) is 20.4. The average Bonchev–Trinajstić information content (AvgIpc) is 2.99. The van der Waals surface area contributed by atoms with Gasteiger partial charge in [0.05, 0.1) is 17.6 Å². The average molecular weight is 462 g/mol. The molecule has 0 bridgehead atoms. The molecule has 3 heterocycles. The Morgan fingerprint density at radius 1 is 1.10 bits per heavy atom. The van der Waals surface area contributed by atoms with Crippen molar-refractivity contribution >= 4 is 56.5 Å². The zero-order chi connectivity index (χ0) is 20.5. The van der Waals surface area contributed by atoms with E-state index in [2.05, 4.69) is 4.98 Å². The first-order chi connectivity index (χ1) is 14.0. The lowest BCUT2D eigenvalue weighted by atomic mass is 10.2. The lowest BCUT2D eigenvalue weighted by Gasteiger charge is -2.13. The second-order valence-electron chi connectivity index (χ2n) is 6.56. The van der Waals surface area contributed by atoms with Gasteiger partial charge in [-0.25, -0.2) is 4.98 Å². The number of pyridine rings is 1. The van der Waals surface area contributed by atoms with Crippen LogP contribution in [0, 0.1) is 13.8 Å². The van der Waals surface area contributed by atoms with Gasteiger partial charge in [0, 0.05) is 26.9 Å². The van der Waals surface area contributed by atoms with E-state index in [4.69, 9.17) is 28.2 Å². The van der Waals surface area contributed by atoms with Gasteiger partial charge in [-0.3, -0.25) is 14.3 Å². The number of hydrogen-bond acceptors (Lipinski definition) is 5. The van der Waals surface area contributed by atoms with E-state index in [9.17, 15) is 4.79 Å². The summed E-state index contributed by atoms with van der Waals surface area (Å²) >= 11 is 15.6. The Morgan fingerprint density at radius 2 is 1.86 bits per heavy atom. The van der Waals surface area contributed by atoms with Crippen molar-refractivity contribution in [3.05, 3.63) is 84.7 Å². The van der Waals surface area contributed by atoms with Gasteiger partial charge >= 0.3 is 0 Å². The molecule has 0 atom stereocenters. The summed E-state index contributed by atoms with van der Waals surface area (Å²) in [5.41, 5.74) is 2.58. The molecule has 0 aliphatic rings. The van der Waals surface area contributed by atoms with Crippen LogP contribution in [0.1, 0.15) is 21.7 Å².